The highest BCUT2D eigenvalue weighted by Crippen LogP contribution is 2.35. The predicted octanol–water partition coefficient (Wildman–Crippen LogP) is 3.26. The summed E-state index contributed by atoms with van der Waals surface area (Å²) in [5.41, 5.74) is 1.14. The van der Waals surface area contributed by atoms with Crippen LogP contribution in [0.2, 0.25) is 0 Å². The standard InChI is InChI=1S/C15H21N3S/c1-16-10-9-12-6-4-5-11-18(12)15-13-7-2-3-8-14(13)17-19-15/h2-3,7-8,12,16H,4-6,9-11H2,1H3. The largest absolute Gasteiger partial charge is 0.359 e. The van der Waals surface area contributed by atoms with Crippen LogP contribution in [-0.4, -0.2) is 30.6 Å². The summed E-state index contributed by atoms with van der Waals surface area (Å²) < 4.78 is 4.59. The van der Waals surface area contributed by atoms with Crippen molar-refractivity contribution in [1.29, 1.82) is 0 Å². The monoisotopic (exact) mass is 275 g/mol. The van der Waals surface area contributed by atoms with Crippen molar-refractivity contribution < 1.29 is 0 Å². The van der Waals surface area contributed by atoms with Gasteiger partial charge in [-0.25, -0.2) is 0 Å². The lowest BCUT2D eigenvalue weighted by molar-refractivity contribution is 0.436. The Morgan fingerprint density at radius 1 is 1.37 bits per heavy atom. The Kier molecular flexibility index (Phi) is 3.99. The van der Waals surface area contributed by atoms with Crippen LogP contribution < -0.4 is 10.2 Å². The highest BCUT2D eigenvalue weighted by Gasteiger charge is 2.24. The van der Waals surface area contributed by atoms with Crippen LogP contribution in [0.1, 0.15) is 25.7 Å². The molecule has 1 aliphatic heterocycles. The van der Waals surface area contributed by atoms with E-state index >= 15 is 0 Å². The van der Waals surface area contributed by atoms with Gasteiger partial charge in [-0.3, -0.25) is 0 Å². The fourth-order valence-corrected chi connectivity index (χ4v) is 3.92. The zero-order valence-electron chi connectivity index (χ0n) is 11.4. The molecule has 1 aromatic heterocycles. The smallest absolute Gasteiger partial charge is 0.120 e. The fourth-order valence-electron chi connectivity index (χ4n) is 2.96. The first-order valence-electron chi connectivity index (χ1n) is 7.16. The maximum atomic E-state index is 4.59. The van der Waals surface area contributed by atoms with Gasteiger partial charge in [0.1, 0.15) is 5.00 Å². The predicted molar refractivity (Wildman–Crippen MR) is 83.1 cm³/mol. The van der Waals surface area contributed by atoms with Crippen molar-refractivity contribution in [3.8, 4) is 0 Å². The van der Waals surface area contributed by atoms with E-state index in [1.54, 1.807) is 11.5 Å². The maximum absolute atomic E-state index is 4.59. The molecule has 0 aliphatic carbocycles. The number of hydrogen-bond acceptors (Lipinski definition) is 4. The molecule has 1 atom stereocenters. The van der Waals surface area contributed by atoms with Crippen LogP contribution in [0.15, 0.2) is 24.3 Å². The van der Waals surface area contributed by atoms with Gasteiger partial charge in [-0.15, -0.1) is 0 Å². The van der Waals surface area contributed by atoms with E-state index in [2.05, 4.69) is 38.9 Å². The molecule has 102 valence electrons. The topological polar surface area (TPSA) is 28.2 Å². The van der Waals surface area contributed by atoms with Crippen molar-refractivity contribution in [3.63, 3.8) is 0 Å². The molecule has 1 aromatic carbocycles. The molecule has 4 heteroatoms. The Bertz CT molecular complexity index is 537. The van der Waals surface area contributed by atoms with Crippen LogP contribution in [0.25, 0.3) is 10.9 Å². The molecular weight excluding hydrogens is 254 g/mol. The molecule has 3 nitrogen and oxygen atoms in total. The second-order valence-electron chi connectivity index (χ2n) is 5.24. The van der Waals surface area contributed by atoms with Crippen molar-refractivity contribution in [2.24, 2.45) is 0 Å². The third-order valence-electron chi connectivity index (χ3n) is 3.98. The van der Waals surface area contributed by atoms with Crippen LogP contribution in [0.3, 0.4) is 0 Å². The van der Waals surface area contributed by atoms with Crippen LogP contribution in [0.4, 0.5) is 5.00 Å². The number of anilines is 1. The number of rotatable bonds is 4. The van der Waals surface area contributed by atoms with E-state index < -0.39 is 0 Å². The molecule has 1 fully saturated rings. The van der Waals surface area contributed by atoms with Gasteiger partial charge in [0.15, 0.2) is 0 Å². The van der Waals surface area contributed by atoms with Gasteiger partial charge in [-0.1, -0.05) is 12.1 Å². The van der Waals surface area contributed by atoms with E-state index in [0.717, 1.165) is 12.1 Å². The zero-order chi connectivity index (χ0) is 13.1. The molecule has 2 aromatic rings. The van der Waals surface area contributed by atoms with Crippen molar-refractivity contribution >= 4 is 27.4 Å². The number of benzene rings is 1. The molecule has 3 rings (SSSR count). The summed E-state index contributed by atoms with van der Waals surface area (Å²) in [7, 11) is 2.04. The number of hydrogen-bond donors (Lipinski definition) is 1. The molecule has 1 saturated heterocycles. The molecule has 2 heterocycles. The van der Waals surface area contributed by atoms with Gasteiger partial charge >= 0.3 is 0 Å². The number of piperidine rings is 1. The van der Waals surface area contributed by atoms with Crippen LogP contribution >= 0.6 is 11.5 Å². The van der Waals surface area contributed by atoms with Gasteiger partial charge < -0.3 is 10.2 Å². The van der Waals surface area contributed by atoms with E-state index in [9.17, 15) is 0 Å². The Hall–Kier alpha value is -1.13. The molecule has 0 radical (unpaired) electrons. The Balaban J connectivity index is 1.89. The van der Waals surface area contributed by atoms with E-state index in [1.165, 1.54) is 42.6 Å². The van der Waals surface area contributed by atoms with Crippen molar-refractivity contribution in [3.05, 3.63) is 24.3 Å². The molecule has 0 amide bonds. The minimum atomic E-state index is 0.671. The third kappa shape index (κ3) is 2.60. The van der Waals surface area contributed by atoms with Gasteiger partial charge in [0.05, 0.1) is 5.52 Å². The third-order valence-corrected chi connectivity index (χ3v) is 4.90. The Morgan fingerprint density at radius 2 is 2.26 bits per heavy atom. The first-order valence-corrected chi connectivity index (χ1v) is 7.93. The molecule has 0 bridgehead atoms. The van der Waals surface area contributed by atoms with Crippen molar-refractivity contribution in [1.82, 2.24) is 9.69 Å². The molecule has 0 saturated carbocycles. The Labute approximate surface area is 118 Å². The van der Waals surface area contributed by atoms with Gasteiger partial charge in [-0.2, -0.15) is 4.37 Å². The van der Waals surface area contributed by atoms with E-state index in [0.29, 0.717) is 6.04 Å². The molecule has 0 spiro atoms. The lowest BCUT2D eigenvalue weighted by atomic mass is 9.99. The summed E-state index contributed by atoms with van der Waals surface area (Å²) in [6, 6.07) is 9.18. The first-order chi connectivity index (χ1) is 9.40. The summed E-state index contributed by atoms with van der Waals surface area (Å²) in [6.45, 7) is 2.28. The summed E-state index contributed by atoms with van der Waals surface area (Å²) in [6.07, 6.45) is 5.21. The molecule has 1 unspecified atom stereocenters. The molecular formula is C15H21N3S. The highest BCUT2D eigenvalue weighted by molar-refractivity contribution is 7.11. The van der Waals surface area contributed by atoms with Gasteiger partial charge in [0.25, 0.3) is 0 Å². The van der Waals surface area contributed by atoms with Crippen LogP contribution in [-0.2, 0) is 0 Å². The highest BCUT2D eigenvalue weighted by atomic mass is 32.1. The van der Waals surface area contributed by atoms with E-state index in [4.69, 9.17) is 0 Å². The van der Waals surface area contributed by atoms with E-state index in [1.807, 2.05) is 7.05 Å². The number of nitrogens with one attached hydrogen (secondary N) is 1. The average molecular weight is 275 g/mol. The van der Waals surface area contributed by atoms with Crippen molar-refractivity contribution in [2.45, 2.75) is 31.7 Å². The zero-order valence-corrected chi connectivity index (χ0v) is 12.2. The van der Waals surface area contributed by atoms with Crippen molar-refractivity contribution in [2.75, 3.05) is 25.0 Å². The van der Waals surface area contributed by atoms with E-state index in [-0.39, 0.29) is 0 Å². The summed E-state index contributed by atoms with van der Waals surface area (Å²) in [5, 5.41) is 5.97. The van der Waals surface area contributed by atoms with Crippen LogP contribution in [0.5, 0.6) is 0 Å². The summed E-state index contributed by atoms with van der Waals surface area (Å²) in [4.78, 5) is 2.60. The second kappa shape index (κ2) is 5.88. The molecule has 1 aliphatic rings. The van der Waals surface area contributed by atoms with Gasteiger partial charge in [0.2, 0.25) is 0 Å². The summed E-state index contributed by atoms with van der Waals surface area (Å²) in [5.74, 6) is 0. The minimum Gasteiger partial charge on any atom is -0.359 e. The number of aromatic nitrogens is 1. The lowest BCUT2D eigenvalue weighted by Crippen LogP contribution is -2.40. The number of nitrogens with zero attached hydrogens (tertiary/aromatic N) is 2. The quantitative estimate of drug-likeness (QED) is 0.928. The van der Waals surface area contributed by atoms with Crippen LogP contribution in [0, 0.1) is 0 Å². The van der Waals surface area contributed by atoms with Gasteiger partial charge in [0, 0.05) is 18.0 Å². The second-order valence-corrected chi connectivity index (χ2v) is 5.99. The minimum absolute atomic E-state index is 0.671. The summed E-state index contributed by atoms with van der Waals surface area (Å²) >= 11 is 1.66. The average Bonchev–Trinajstić information content (AvgIpc) is 2.89. The molecule has 19 heavy (non-hydrogen) atoms. The first kappa shape index (κ1) is 12.9. The fraction of sp³-hybridized carbons (Fsp3) is 0.533. The lowest BCUT2D eigenvalue weighted by Gasteiger charge is -2.36. The number of fused-ring (bicyclic) bond motifs is 1. The Morgan fingerprint density at radius 3 is 3.16 bits per heavy atom. The SMILES string of the molecule is CNCCC1CCCCN1c1snc2ccccc12. The maximum Gasteiger partial charge on any atom is 0.120 e. The molecule has 1 N–H and O–H groups in total. The normalized spacial score (nSPS) is 20.1. The van der Waals surface area contributed by atoms with Gasteiger partial charge in [-0.05, 0) is 62.9 Å².